The Balaban J connectivity index is 2.52. The lowest BCUT2D eigenvalue weighted by atomic mass is 10.2. The van der Waals surface area contributed by atoms with E-state index in [1.165, 1.54) is 0 Å². The Morgan fingerprint density at radius 3 is 2.75 bits per heavy atom. The van der Waals surface area contributed by atoms with E-state index in [2.05, 4.69) is 17.1 Å². The molecule has 0 fully saturated rings. The first-order chi connectivity index (χ1) is 9.67. The zero-order valence-electron chi connectivity index (χ0n) is 11.8. The number of aryl methyl sites for hydroxylation is 2. The van der Waals surface area contributed by atoms with Crippen molar-refractivity contribution in [3.05, 3.63) is 34.4 Å². The second-order valence-electron chi connectivity index (χ2n) is 4.74. The lowest BCUT2D eigenvalue weighted by molar-refractivity contribution is 0.415. The van der Waals surface area contributed by atoms with Gasteiger partial charge in [-0.3, -0.25) is 9.20 Å². The Bertz CT molecular complexity index is 848. The summed E-state index contributed by atoms with van der Waals surface area (Å²) in [5.74, 6) is 1.55. The molecule has 0 radical (unpaired) electrons. The molecule has 0 unspecified atom stereocenters. The quantitative estimate of drug-likeness (QED) is 0.725. The highest BCUT2D eigenvalue weighted by molar-refractivity contribution is 5.79. The first kappa shape index (κ1) is 12.7. The van der Waals surface area contributed by atoms with E-state index in [0.717, 1.165) is 35.4 Å². The number of benzene rings is 1. The van der Waals surface area contributed by atoms with E-state index in [-0.39, 0.29) is 5.56 Å². The largest absolute Gasteiger partial charge is 0.497 e. The third-order valence-electron chi connectivity index (χ3n) is 3.48. The van der Waals surface area contributed by atoms with E-state index >= 15 is 0 Å². The molecule has 3 aromatic rings. The molecule has 3 rings (SSSR count). The molecule has 0 aliphatic carbocycles. The summed E-state index contributed by atoms with van der Waals surface area (Å²) >= 11 is 0. The van der Waals surface area contributed by atoms with Gasteiger partial charge in [-0.1, -0.05) is 6.92 Å². The lowest BCUT2D eigenvalue weighted by Crippen LogP contribution is -2.20. The molecule has 2 heterocycles. The number of aromatic nitrogens is 4. The van der Waals surface area contributed by atoms with Crippen LogP contribution in [0, 0.1) is 0 Å². The van der Waals surface area contributed by atoms with Gasteiger partial charge in [-0.05, 0) is 18.6 Å². The molecule has 0 N–H and O–H groups in total. The van der Waals surface area contributed by atoms with Crippen molar-refractivity contribution >= 4 is 16.7 Å². The van der Waals surface area contributed by atoms with Gasteiger partial charge in [0.2, 0.25) is 5.65 Å². The fraction of sp³-hybridized carbons (Fsp3) is 0.357. The number of hydrogen-bond acceptors (Lipinski definition) is 4. The van der Waals surface area contributed by atoms with E-state index in [4.69, 9.17) is 4.74 Å². The van der Waals surface area contributed by atoms with E-state index in [1.807, 2.05) is 22.6 Å². The molecule has 2 aromatic heterocycles. The van der Waals surface area contributed by atoms with Crippen molar-refractivity contribution in [3.8, 4) is 5.75 Å². The molecular formula is C14H16N4O2. The minimum Gasteiger partial charge on any atom is -0.497 e. The normalized spacial score (nSPS) is 11.3. The van der Waals surface area contributed by atoms with Crippen LogP contribution in [-0.2, 0) is 13.5 Å². The van der Waals surface area contributed by atoms with Crippen LogP contribution in [0.2, 0.25) is 0 Å². The Hall–Kier alpha value is -2.37. The van der Waals surface area contributed by atoms with Crippen LogP contribution in [-0.4, -0.2) is 26.3 Å². The van der Waals surface area contributed by atoms with E-state index in [1.54, 1.807) is 18.7 Å². The van der Waals surface area contributed by atoms with Crippen LogP contribution in [0.5, 0.6) is 5.75 Å². The standard InChI is InChI=1S/C14H16N4O2/c1-4-5-12-15-16-13-14(19)17(2)10-7-6-9(20-3)8-11(10)18(12)13/h6-8H,4-5H2,1-3H3. The molecule has 20 heavy (non-hydrogen) atoms. The predicted octanol–water partition coefficient (Wildman–Crippen LogP) is 1.54. The third kappa shape index (κ3) is 1.68. The van der Waals surface area contributed by atoms with Crippen LogP contribution < -0.4 is 10.3 Å². The van der Waals surface area contributed by atoms with Gasteiger partial charge in [0.15, 0.2) is 0 Å². The van der Waals surface area contributed by atoms with Gasteiger partial charge < -0.3 is 9.30 Å². The van der Waals surface area contributed by atoms with Gasteiger partial charge in [0, 0.05) is 19.5 Å². The highest BCUT2D eigenvalue weighted by Gasteiger charge is 2.14. The molecule has 0 saturated heterocycles. The zero-order valence-corrected chi connectivity index (χ0v) is 11.8. The Labute approximate surface area is 115 Å². The molecule has 6 heteroatoms. The number of rotatable bonds is 3. The Kier molecular flexibility index (Phi) is 2.93. The molecule has 0 saturated carbocycles. The fourth-order valence-electron chi connectivity index (χ4n) is 2.45. The molecule has 0 amide bonds. The maximum atomic E-state index is 12.3. The van der Waals surface area contributed by atoms with Crippen molar-refractivity contribution in [1.29, 1.82) is 0 Å². The predicted molar refractivity (Wildman–Crippen MR) is 76.3 cm³/mol. The summed E-state index contributed by atoms with van der Waals surface area (Å²) in [4.78, 5) is 12.3. The summed E-state index contributed by atoms with van der Waals surface area (Å²) in [5, 5.41) is 8.19. The van der Waals surface area contributed by atoms with Crippen molar-refractivity contribution in [3.63, 3.8) is 0 Å². The SMILES string of the molecule is CCCc1nnc2c(=O)n(C)c3ccc(OC)cc3n12. The highest BCUT2D eigenvalue weighted by atomic mass is 16.5. The van der Waals surface area contributed by atoms with Crippen molar-refractivity contribution in [1.82, 2.24) is 19.2 Å². The second kappa shape index (κ2) is 4.63. The lowest BCUT2D eigenvalue weighted by Gasteiger charge is -2.10. The van der Waals surface area contributed by atoms with Crippen molar-refractivity contribution in [2.75, 3.05) is 7.11 Å². The fourth-order valence-corrected chi connectivity index (χ4v) is 2.45. The van der Waals surface area contributed by atoms with Crippen molar-refractivity contribution < 1.29 is 4.74 Å². The molecular weight excluding hydrogens is 256 g/mol. The number of hydrogen-bond donors (Lipinski definition) is 0. The van der Waals surface area contributed by atoms with Crippen LogP contribution in [0.4, 0.5) is 0 Å². The van der Waals surface area contributed by atoms with Gasteiger partial charge in [0.1, 0.15) is 11.6 Å². The van der Waals surface area contributed by atoms with Gasteiger partial charge in [0.25, 0.3) is 5.56 Å². The molecule has 104 valence electrons. The second-order valence-corrected chi connectivity index (χ2v) is 4.74. The van der Waals surface area contributed by atoms with Crippen LogP contribution in [0.1, 0.15) is 19.2 Å². The molecule has 0 atom stereocenters. The van der Waals surface area contributed by atoms with Gasteiger partial charge in [-0.2, -0.15) is 0 Å². The molecule has 0 aliphatic rings. The summed E-state index contributed by atoms with van der Waals surface area (Å²) < 4.78 is 8.70. The van der Waals surface area contributed by atoms with Crippen LogP contribution >= 0.6 is 0 Å². The number of ether oxygens (including phenoxy) is 1. The van der Waals surface area contributed by atoms with Crippen LogP contribution in [0.25, 0.3) is 16.7 Å². The summed E-state index contributed by atoms with van der Waals surface area (Å²) in [6, 6.07) is 5.63. The van der Waals surface area contributed by atoms with E-state index in [0.29, 0.717) is 5.65 Å². The molecule has 0 aliphatic heterocycles. The molecule has 6 nitrogen and oxygen atoms in total. The van der Waals surface area contributed by atoms with Gasteiger partial charge in [0.05, 0.1) is 18.1 Å². The Morgan fingerprint density at radius 2 is 2.05 bits per heavy atom. The van der Waals surface area contributed by atoms with E-state index < -0.39 is 0 Å². The highest BCUT2D eigenvalue weighted by Crippen LogP contribution is 2.21. The summed E-state index contributed by atoms with van der Waals surface area (Å²) in [6.45, 7) is 2.07. The first-order valence-corrected chi connectivity index (χ1v) is 6.58. The van der Waals surface area contributed by atoms with Gasteiger partial charge in [-0.15, -0.1) is 10.2 Å². The molecule has 0 bridgehead atoms. The monoisotopic (exact) mass is 272 g/mol. The van der Waals surface area contributed by atoms with Crippen LogP contribution in [0.15, 0.2) is 23.0 Å². The smallest absolute Gasteiger partial charge is 0.296 e. The van der Waals surface area contributed by atoms with Crippen molar-refractivity contribution in [2.24, 2.45) is 7.05 Å². The van der Waals surface area contributed by atoms with Gasteiger partial charge >= 0.3 is 0 Å². The zero-order chi connectivity index (χ0) is 14.3. The van der Waals surface area contributed by atoms with Gasteiger partial charge in [-0.25, -0.2) is 0 Å². The van der Waals surface area contributed by atoms with Crippen molar-refractivity contribution in [2.45, 2.75) is 19.8 Å². The summed E-state index contributed by atoms with van der Waals surface area (Å²) in [7, 11) is 3.37. The third-order valence-corrected chi connectivity index (χ3v) is 3.48. The minimum absolute atomic E-state index is 0.141. The summed E-state index contributed by atoms with van der Waals surface area (Å²) in [5.41, 5.74) is 1.93. The number of fused-ring (bicyclic) bond motifs is 3. The topological polar surface area (TPSA) is 61.4 Å². The molecule has 0 spiro atoms. The first-order valence-electron chi connectivity index (χ1n) is 6.58. The molecule has 1 aromatic carbocycles. The maximum Gasteiger partial charge on any atom is 0.296 e. The minimum atomic E-state index is -0.141. The van der Waals surface area contributed by atoms with E-state index in [9.17, 15) is 4.79 Å². The summed E-state index contributed by atoms with van der Waals surface area (Å²) in [6.07, 6.45) is 1.72. The maximum absolute atomic E-state index is 12.3. The number of methoxy groups -OCH3 is 1. The Morgan fingerprint density at radius 1 is 1.25 bits per heavy atom. The van der Waals surface area contributed by atoms with Crippen LogP contribution in [0.3, 0.4) is 0 Å². The number of nitrogens with zero attached hydrogens (tertiary/aromatic N) is 4. The average molecular weight is 272 g/mol. The average Bonchev–Trinajstić information content (AvgIpc) is 2.88.